The Bertz CT molecular complexity index is 1380. The van der Waals surface area contributed by atoms with Gasteiger partial charge in [-0.15, -0.1) is 21.5 Å². The summed E-state index contributed by atoms with van der Waals surface area (Å²) >= 11 is 2.78. The lowest BCUT2D eigenvalue weighted by atomic mass is 10.2. The van der Waals surface area contributed by atoms with Crippen LogP contribution in [-0.2, 0) is 4.79 Å². The topological polar surface area (TPSA) is 72.7 Å². The fourth-order valence-electron chi connectivity index (χ4n) is 3.42. The quantitative estimate of drug-likeness (QED) is 0.280. The Hall–Kier alpha value is -3.75. The first-order valence-electron chi connectivity index (χ1n) is 10.7. The molecule has 3 aromatic carbocycles. The first-order chi connectivity index (χ1) is 16.7. The van der Waals surface area contributed by atoms with Gasteiger partial charge in [0.15, 0.2) is 16.1 Å². The molecule has 0 fully saturated rings. The normalized spacial score (nSPS) is 11.8. The minimum atomic E-state index is -0.403. The van der Waals surface area contributed by atoms with Gasteiger partial charge in [0.1, 0.15) is 0 Å². The van der Waals surface area contributed by atoms with E-state index in [0.717, 1.165) is 28.3 Å². The van der Waals surface area contributed by atoms with Gasteiger partial charge in [-0.25, -0.2) is 4.98 Å². The van der Waals surface area contributed by atoms with Crippen molar-refractivity contribution >= 4 is 34.1 Å². The van der Waals surface area contributed by atoms with E-state index >= 15 is 0 Å². The summed E-state index contributed by atoms with van der Waals surface area (Å²) in [6.45, 7) is 1.86. The van der Waals surface area contributed by atoms with Gasteiger partial charge in [-0.1, -0.05) is 90.6 Å². The highest BCUT2D eigenvalue weighted by Crippen LogP contribution is 2.31. The van der Waals surface area contributed by atoms with E-state index in [-0.39, 0.29) is 5.91 Å². The van der Waals surface area contributed by atoms with Crippen LogP contribution in [0.1, 0.15) is 6.92 Å². The van der Waals surface area contributed by atoms with Crippen molar-refractivity contribution in [1.29, 1.82) is 0 Å². The molecule has 6 nitrogen and oxygen atoms in total. The average molecular weight is 484 g/mol. The lowest BCUT2D eigenvalue weighted by molar-refractivity contribution is -0.115. The zero-order valence-electron chi connectivity index (χ0n) is 18.3. The number of benzene rings is 3. The summed E-state index contributed by atoms with van der Waals surface area (Å²) in [4.78, 5) is 17.5. The maximum Gasteiger partial charge on any atom is 0.239 e. The maximum atomic E-state index is 13.0. The summed E-state index contributed by atoms with van der Waals surface area (Å²) in [7, 11) is 0. The molecule has 5 aromatic rings. The molecule has 168 valence electrons. The van der Waals surface area contributed by atoms with Crippen molar-refractivity contribution in [3.05, 3.63) is 96.4 Å². The summed E-state index contributed by atoms with van der Waals surface area (Å²) in [6.07, 6.45) is 0. The molecule has 1 N–H and O–H groups in total. The first kappa shape index (κ1) is 22.1. The van der Waals surface area contributed by atoms with E-state index in [0.29, 0.717) is 10.3 Å². The first-order valence-corrected chi connectivity index (χ1v) is 12.5. The molecule has 2 heterocycles. The third kappa shape index (κ3) is 4.78. The highest BCUT2D eigenvalue weighted by molar-refractivity contribution is 8.00. The standard InChI is InChI=1S/C26H21N5OS2/c1-18(24(32)28-25-27-22(17-33-25)19-11-5-2-6-12-19)34-26-30-29-23(20-13-7-3-8-14-20)31(26)21-15-9-4-10-16-21/h2-18H,1H3,(H,27,28,32). The maximum absolute atomic E-state index is 13.0. The minimum Gasteiger partial charge on any atom is -0.301 e. The number of rotatable bonds is 7. The van der Waals surface area contributed by atoms with Crippen molar-refractivity contribution in [3.8, 4) is 28.3 Å². The highest BCUT2D eigenvalue weighted by atomic mass is 32.2. The van der Waals surface area contributed by atoms with E-state index in [4.69, 9.17) is 0 Å². The van der Waals surface area contributed by atoms with Crippen molar-refractivity contribution in [2.24, 2.45) is 0 Å². The second-order valence-electron chi connectivity index (χ2n) is 7.50. The molecule has 1 atom stereocenters. The van der Waals surface area contributed by atoms with Gasteiger partial charge in [0, 0.05) is 22.2 Å². The summed E-state index contributed by atoms with van der Waals surface area (Å²) in [5.74, 6) is 0.595. The van der Waals surface area contributed by atoms with Gasteiger partial charge in [-0.3, -0.25) is 9.36 Å². The summed E-state index contributed by atoms with van der Waals surface area (Å²) in [6, 6.07) is 29.7. The van der Waals surface area contributed by atoms with Gasteiger partial charge < -0.3 is 5.32 Å². The lowest BCUT2D eigenvalue weighted by Gasteiger charge is -2.13. The lowest BCUT2D eigenvalue weighted by Crippen LogP contribution is -2.22. The molecular weight excluding hydrogens is 462 g/mol. The van der Waals surface area contributed by atoms with E-state index < -0.39 is 5.25 Å². The summed E-state index contributed by atoms with van der Waals surface area (Å²) in [5.41, 5.74) is 3.76. The Morgan fingerprint density at radius 1 is 0.882 bits per heavy atom. The van der Waals surface area contributed by atoms with Crippen LogP contribution in [0.2, 0.25) is 0 Å². The van der Waals surface area contributed by atoms with E-state index in [9.17, 15) is 4.79 Å². The predicted molar refractivity (Wildman–Crippen MR) is 138 cm³/mol. The molecule has 0 aliphatic heterocycles. The molecular formula is C26H21N5OS2. The second-order valence-corrected chi connectivity index (χ2v) is 9.66. The van der Waals surface area contributed by atoms with Crippen LogP contribution in [0.5, 0.6) is 0 Å². The van der Waals surface area contributed by atoms with Crippen LogP contribution >= 0.6 is 23.1 Å². The van der Waals surface area contributed by atoms with Crippen molar-refractivity contribution in [3.63, 3.8) is 0 Å². The number of hydrogen-bond acceptors (Lipinski definition) is 6. The van der Waals surface area contributed by atoms with Gasteiger partial charge in [0.05, 0.1) is 10.9 Å². The molecule has 1 amide bonds. The van der Waals surface area contributed by atoms with Gasteiger partial charge in [0.2, 0.25) is 5.91 Å². The molecule has 0 bridgehead atoms. The number of aromatic nitrogens is 4. The number of carbonyl (C=O) groups is 1. The zero-order valence-corrected chi connectivity index (χ0v) is 20.0. The Morgan fingerprint density at radius 3 is 2.18 bits per heavy atom. The molecule has 0 spiro atoms. The van der Waals surface area contributed by atoms with E-state index in [1.165, 1.54) is 23.1 Å². The number of para-hydroxylation sites is 1. The van der Waals surface area contributed by atoms with Crippen LogP contribution in [0.3, 0.4) is 0 Å². The Balaban J connectivity index is 1.36. The molecule has 8 heteroatoms. The van der Waals surface area contributed by atoms with Crippen LogP contribution in [0.4, 0.5) is 5.13 Å². The van der Waals surface area contributed by atoms with Crippen LogP contribution < -0.4 is 5.32 Å². The molecule has 5 rings (SSSR count). The van der Waals surface area contributed by atoms with E-state index in [2.05, 4.69) is 20.5 Å². The smallest absolute Gasteiger partial charge is 0.239 e. The molecule has 0 radical (unpaired) electrons. The zero-order chi connectivity index (χ0) is 23.3. The number of thioether (sulfide) groups is 1. The Morgan fingerprint density at radius 2 is 1.50 bits per heavy atom. The number of hydrogen-bond donors (Lipinski definition) is 1. The van der Waals surface area contributed by atoms with Crippen molar-refractivity contribution in [1.82, 2.24) is 19.7 Å². The fraction of sp³-hybridized carbons (Fsp3) is 0.0769. The molecule has 1 unspecified atom stereocenters. The SMILES string of the molecule is CC(Sc1nnc(-c2ccccc2)n1-c1ccccc1)C(=O)Nc1nc(-c2ccccc2)cs1. The third-order valence-corrected chi connectivity index (χ3v) is 6.94. The fourth-order valence-corrected chi connectivity index (χ4v) is 5.01. The molecule has 0 aliphatic carbocycles. The number of nitrogens with one attached hydrogen (secondary N) is 1. The number of carbonyl (C=O) groups excluding carboxylic acids is 1. The van der Waals surface area contributed by atoms with Gasteiger partial charge >= 0.3 is 0 Å². The Labute approximate surface area is 205 Å². The highest BCUT2D eigenvalue weighted by Gasteiger charge is 2.22. The summed E-state index contributed by atoms with van der Waals surface area (Å²) < 4.78 is 1.99. The number of thiazole rings is 1. The predicted octanol–water partition coefficient (Wildman–Crippen LogP) is 6.18. The van der Waals surface area contributed by atoms with Crippen molar-refractivity contribution in [2.45, 2.75) is 17.3 Å². The average Bonchev–Trinajstić information content (AvgIpc) is 3.53. The van der Waals surface area contributed by atoms with Gasteiger partial charge in [-0.2, -0.15) is 0 Å². The van der Waals surface area contributed by atoms with E-state index in [1.807, 2.05) is 108 Å². The second kappa shape index (κ2) is 10.0. The van der Waals surface area contributed by atoms with Crippen molar-refractivity contribution < 1.29 is 4.79 Å². The van der Waals surface area contributed by atoms with Crippen LogP contribution in [0, 0.1) is 0 Å². The van der Waals surface area contributed by atoms with Crippen molar-refractivity contribution in [2.75, 3.05) is 5.32 Å². The number of anilines is 1. The van der Waals surface area contributed by atoms with Crippen LogP contribution in [-0.4, -0.2) is 30.9 Å². The van der Waals surface area contributed by atoms with Gasteiger partial charge in [-0.05, 0) is 19.1 Å². The number of nitrogens with zero attached hydrogens (tertiary/aromatic N) is 4. The van der Waals surface area contributed by atoms with Crippen LogP contribution in [0.25, 0.3) is 28.3 Å². The summed E-state index contributed by atoms with van der Waals surface area (Å²) in [5, 5.41) is 14.6. The molecule has 0 saturated carbocycles. The van der Waals surface area contributed by atoms with Crippen LogP contribution in [0.15, 0.2) is 102 Å². The monoisotopic (exact) mass is 483 g/mol. The third-order valence-electron chi connectivity index (χ3n) is 5.14. The minimum absolute atomic E-state index is 0.136. The molecule has 2 aromatic heterocycles. The van der Waals surface area contributed by atoms with Gasteiger partial charge in [0.25, 0.3) is 0 Å². The Kier molecular flexibility index (Phi) is 6.51. The largest absolute Gasteiger partial charge is 0.301 e. The number of amides is 1. The van der Waals surface area contributed by atoms with E-state index in [1.54, 1.807) is 0 Å². The molecule has 34 heavy (non-hydrogen) atoms. The molecule has 0 saturated heterocycles. The molecule has 0 aliphatic rings.